The van der Waals surface area contributed by atoms with Gasteiger partial charge in [0.25, 0.3) is 0 Å². The predicted molar refractivity (Wildman–Crippen MR) is 88.8 cm³/mol. The Kier molecular flexibility index (Phi) is 4.18. The monoisotopic (exact) mass is 296 g/mol. The Labute approximate surface area is 129 Å². The first-order valence-electron chi connectivity index (χ1n) is 7.03. The van der Waals surface area contributed by atoms with Crippen LogP contribution < -0.4 is 5.32 Å². The molecule has 106 valence electrons. The summed E-state index contributed by atoms with van der Waals surface area (Å²) in [7, 11) is 1.92. The molecular weight excluding hydrogens is 280 g/mol. The zero-order valence-corrected chi connectivity index (χ0v) is 12.7. The summed E-state index contributed by atoms with van der Waals surface area (Å²) >= 11 is 6.31. The molecule has 0 aliphatic heterocycles. The van der Waals surface area contributed by atoms with Crippen LogP contribution in [-0.2, 0) is 13.0 Å². The fourth-order valence-corrected chi connectivity index (χ4v) is 2.72. The lowest BCUT2D eigenvalue weighted by Gasteiger charge is -2.07. The average molecular weight is 297 g/mol. The fraction of sp³-hybridized carbons (Fsp3) is 0.167. The molecule has 0 aliphatic carbocycles. The van der Waals surface area contributed by atoms with Crippen LogP contribution in [0.2, 0.25) is 5.02 Å². The number of nitrogens with zero attached hydrogens (tertiary/aromatic N) is 1. The number of benzene rings is 2. The molecule has 2 nitrogen and oxygen atoms in total. The third-order valence-corrected chi connectivity index (χ3v) is 3.88. The minimum absolute atomic E-state index is 0.785. The third-order valence-electron chi connectivity index (χ3n) is 3.53. The number of rotatable bonds is 4. The van der Waals surface area contributed by atoms with Crippen LogP contribution in [-0.4, -0.2) is 12.0 Å². The van der Waals surface area contributed by atoms with Gasteiger partial charge in [0.05, 0.1) is 5.52 Å². The molecule has 3 rings (SSSR count). The molecule has 0 saturated heterocycles. The van der Waals surface area contributed by atoms with E-state index in [2.05, 4.69) is 35.6 Å². The second kappa shape index (κ2) is 6.25. The molecule has 1 N–H and O–H groups in total. The van der Waals surface area contributed by atoms with Gasteiger partial charge < -0.3 is 5.32 Å². The molecule has 1 heterocycles. The number of halogens is 1. The summed E-state index contributed by atoms with van der Waals surface area (Å²) in [5.41, 5.74) is 4.40. The standard InChI is InChI=1S/C18H17ClN2/c1-20-12-15-7-6-13(11-17(15)19)10-16-9-8-14-4-2-3-5-18(14)21-16/h2-9,11,20H,10,12H2,1H3. The molecule has 0 fully saturated rings. The number of aromatic nitrogens is 1. The van der Waals surface area contributed by atoms with Gasteiger partial charge in [-0.3, -0.25) is 4.98 Å². The Morgan fingerprint density at radius 3 is 2.71 bits per heavy atom. The van der Waals surface area contributed by atoms with Crippen LogP contribution in [0.25, 0.3) is 10.9 Å². The Bertz CT molecular complexity index is 768. The summed E-state index contributed by atoms with van der Waals surface area (Å²) in [5.74, 6) is 0. The van der Waals surface area contributed by atoms with E-state index in [4.69, 9.17) is 16.6 Å². The maximum atomic E-state index is 6.31. The van der Waals surface area contributed by atoms with Crippen molar-refractivity contribution in [3.63, 3.8) is 0 Å². The predicted octanol–water partition coefficient (Wildman–Crippen LogP) is 4.20. The smallest absolute Gasteiger partial charge is 0.0705 e. The molecule has 0 aliphatic rings. The van der Waals surface area contributed by atoms with Crippen molar-refractivity contribution in [2.24, 2.45) is 0 Å². The van der Waals surface area contributed by atoms with Crippen molar-refractivity contribution in [3.8, 4) is 0 Å². The van der Waals surface area contributed by atoms with Crippen LogP contribution in [0.5, 0.6) is 0 Å². The number of para-hydroxylation sites is 1. The molecule has 0 unspecified atom stereocenters. The summed E-state index contributed by atoms with van der Waals surface area (Å²) in [6, 6.07) is 18.6. The molecule has 21 heavy (non-hydrogen) atoms. The molecule has 0 radical (unpaired) electrons. The van der Waals surface area contributed by atoms with E-state index < -0.39 is 0 Å². The molecule has 0 spiro atoms. The zero-order valence-electron chi connectivity index (χ0n) is 11.9. The minimum atomic E-state index is 0.785. The second-order valence-electron chi connectivity index (χ2n) is 5.13. The summed E-state index contributed by atoms with van der Waals surface area (Å²) in [4.78, 5) is 4.70. The Hall–Kier alpha value is -1.90. The summed E-state index contributed by atoms with van der Waals surface area (Å²) in [6.45, 7) is 0.785. The molecule has 0 bridgehead atoms. The van der Waals surface area contributed by atoms with Gasteiger partial charge in [-0.05, 0) is 36.4 Å². The molecule has 0 saturated carbocycles. The van der Waals surface area contributed by atoms with Gasteiger partial charge in [0.2, 0.25) is 0 Å². The first-order chi connectivity index (χ1) is 10.3. The lowest BCUT2D eigenvalue weighted by molar-refractivity contribution is 0.817. The second-order valence-corrected chi connectivity index (χ2v) is 5.54. The van der Waals surface area contributed by atoms with Gasteiger partial charge in [0.15, 0.2) is 0 Å². The maximum Gasteiger partial charge on any atom is 0.0705 e. The highest BCUT2D eigenvalue weighted by molar-refractivity contribution is 6.31. The van der Waals surface area contributed by atoms with Crippen molar-refractivity contribution in [2.45, 2.75) is 13.0 Å². The van der Waals surface area contributed by atoms with Crippen LogP contribution in [0, 0.1) is 0 Å². The van der Waals surface area contributed by atoms with Crippen molar-refractivity contribution < 1.29 is 0 Å². The first kappa shape index (κ1) is 14.1. The van der Waals surface area contributed by atoms with Crippen molar-refractivity contribution in [3.05, 3.63) is 76.4 Å². The highest BCUT2D eigenvalue weighted by atomic mass is 35.5. The Morgan fingerprint density at radius 2 is 1.90 bits per heavy atom. The molecule has 2 aromatic carbocycles. The van der Waals surface area contributed by atoms with Gasteiger partial charge in [-0.2, -0.15) is 0 Å². The highest BCUT2D eigenvalue weighted by Crippen LogP contribution is 2.20. The van der Waals surface area contributed by atoms with E-state index >= 15 is 0 Å². The van der Waals surface area contributed by atoms with Crippen molar-refractivity contribution >= 4 is 22.5 Å². The number of pyridine rings is 1. The molecule has 3 heteroatoms. The van der Waals surface area contributed by atoms with Crippen molar-refractivity contribution in [1.82, 2.24) is 10.3 Å². The fourth-order valence-electron chi connectivity index (χ4n) is 2.45. The van der Waals surface area contributed by atoms with E-state index in [0.29, 0.717) is 0 Å². The average Bonchev–Trinajstić information content (AvgIpc) is 2.50. The van der Waals surface area contributed by atoms with Crippen LogP contribution in [0.3, 0.4) is 0 Å². The third kappa shape index (κ3) is 3.23. The van der Waals surface area contributed by atoms with E-state index in [1.54, 1.807) is 0 Å². The van der Waals surface area contributed by atoms with Gasteiger partial charge in [0, 0.05) is 29.1 Å². The number of fused-ring (bicyclic) bond motifs is 1. The van der Waals surface area contributed by atoms with Gasteiger partial charge in [-0.15, -0.1) is 0 Å². The van der Waals surface area contributed by atoms with Gasteiger partial charge in [0.1, 0.15) is 0 Å². The maximum absolute atomic E-state index is 6.31. The van der Waals surface area contributed by atoms with Crippen LogP contribution in [0.4, 0.5) is 0 Å². The number of hydrogen-bond donors (Lipinski definition) is 1. The van der Waals surface area contributed by atoms with Crippen molar-refractivity contribution in [1.29, 1.82) is 0 Å². The highest BCUT2D eigenvalue weighted by Gasteiger charge is 2.04. The van der Waals surface area contributed by atoms with E-state index in [0.717, 1.165) is 34.8 Å². The Balaban J connectivity index is 1.86. The van der Waals surface area contributed by atoms with E-state index in [1.165, 1.54) is 10.9 Å². The van der Waals surface area contributed by atoms with E-state index in [-0.39, 0.29) is 0 Å². The van der Waals surface area contributed by atoms with Crippen molar-refractivity contribution in [2.75, 3.05) is 7.05 Å². The summed E-state index contributed by atoms with van der Waals surface area (Å²) < 4.78 is 0. The van der Waals surface area contributed by atoms with Gasteiger partial charge in [-0.25, -0.2) is 0 Å². The van der Waals surface area contributed by atoms with Crippen LogP contribution >= 0.6 is 11.6 Å². The normalized spacial score (nSPS) is 11.0. The minimum Gasteiger partial charge on any atom is -0.316 e. The molecule has 3 aromatic rings. The molecule has 0 atom stereocenters. The Morgan fingerprint density at radius 1 is 1.05 bits per heavy atom. The SMILES string of the molecule is CNCc1ccc(Cc2ccc3ccccc3n2)cc1Cl. The zero-order chi connectivity index (χ0) is 14.7. The molecular formula is C18H17ClN2. The van der Waals surface area contributed by atoms with Gasteiger partial charge >= 0.3 is 0 Å². The lowest BCUT2D eigenvalue weighted by Crippen LogP contribution is -2.05. The topological polar surface area (TPSA) is 24.9 Å². The number of hydrogen-bond acceptors (Lipinski definition) is 2. The van der Waals surface area contributed by atoms with Crippen LogP contribution in [0.15, 0.2) is 54.6 Å². The van der Waals surface area contributed by atoms with E-state index in [1.807, 2.05) is 31.3 Å². The molecule has 0 amide bonds. The quantitative estimate of drug-likeness (QED) is 0.780. The van der Waals surface area contributed by atoms with Crippen LogP contribution in [0.1, 0.15) is 16.8 Å². The van der Waals surface area contributed by atoms with Gasteiger partial charge in [-0.1, -0.05) is 48.0 Å². The first-order valence-corrected chi connectivity index (χ1v) is 7.40. The largest absolute Gasteiger partial charge is 0.316 e. The lowest BCUT2D eigenvalue weighted by atomic mass is 10.1. The summed E-state index contributed by atoms with van der Waals surface area (Å²) in [5, 5.41) is 5.10. The molecule has 1 aromatic heterocycles. The number of nitrogens with one attached hydrogen (secondary N) is 1. The summed E-state index contributed by atoms with van der Waals surface area (Å²) in [6.07, 6.45) is 0.796. The van der Waals surface area contributed by atoms with E-state index in [9.17, 15) is 0 Å².